The average Bonchev–Trinajstić information content (AvgIpc) is 3.25. The van der Waals surface area contributed by atoms with Gasteiger partial charge >= 0.3 is 0 Å². The predicted octanol–water partition coefficient (Wildman–Crippen LogP) is 6.35. The van der Waals surface area contributed by atoms with Gasteiger partial charge in [0.2, 0.25) is 0 Å². The number of carbonyl (C=O) groups is 2. The molecule has 0 aliphatic heterocycles. The summed E-state index contributed by atoms with van der Waals surface area (Å²) in [6.45, 7) is 8.45. The highest BCUT2D eigenvalue weighted by atomic mass is 16.1. The second-order valence-corrected chi connectivity index (χ2v) is 9.29. The molecule has 0 spiro atoms. The molecular weight excluding hydrogens is 344 g/mol. The maximum Gasteiger partial charge on any atom is 0.171 e. The molecule has 2 heteroatoms. The number of fused-ring (bicyclic) bond motifs is 6. The normalized spacial score (nSPS) is 33.1. The van der Waals surface area contributed by atoms with Crippen LogP contribution in [0.4, 0.5) is 0 Å². The molecule has 1 fully saturated rings. The summed E-state index contributed by atoms with van der Waals surface area (Å²) < 4.78 is 0. The van der Waals surface area contributed by atoms with Crippen molar-refractivity contribution in [3.63, 3.8) is 0 Å². The van der Waals surface area contributed by atoms with E-state index in [4.69, 9.17) is 0 Å². The number of rotatable bonds is 5. The van der Waals surface area contributed by atoms with Crippen molar-refractivity contribution in [2.24, 2.45) is 22.7 Å². The summed E-state index contributed by atoms with van der Waals surface area (Å²) in [5.41, 5.74) is 2.63. The summed E-state index contributed by atoms with van der Waals surface area (Å²) in [5.74, 6) is 0.668. The largest absolute Gasteiger partial charge is 0.293 e. The van der Waals surface area contributed by atoms with Crippen molar-refractivity contribution >= 4 is 11.6 Å². The lowest BCUT2D eigenvalue weighted by Crippen LogP contribution is -2.56. The molecule has 3 aliphatic rings. The number of hydrogen-bond acceptors (Lipinski definition) is 2. The quantitative estimate of drug-likeness (QED) is 0.563. The molecule has 1 aromatic carbocycles. The van der Waals surface area contributed by atoms with E-state index in [1.54, 1.807) is 0 Å². The third-order valence-electron chi connectivity index (χ3n) is 7.54. The molecule has 0 saturated heterocycles. The summed E-state index contributed by atoms with van der Waals surface area (Å²) in [4.78, 5) is 27.5. The Morgan fingerprint density at radius 1 is 1.00 bits per heavy atom. The van der Waals surface area contributed by atoms with Gasteiger partial charge in [-0.3, -0.25) is 9.59 Å². The Hall–Kier alpha value is -2.22. The number of ketones is 2. The van der Waals surface area contributed by atoms with E-state index in [9.17, 15) is 9.59 Å². The van der Waals surface area contributed by atoms with Crippen LogP contribution in [0.1, 0.15) is 74.1 Å². The van der Waals surface area contributed by atoms with Gasteiger partial charge in [-0.15, -0.1) is 0 Å². The second kappa shape index (κ2) is 6.69. The van der Waals surface area contributed by atoms with Crippen LogP contribution in [0.15, 0.2) is 59.7 Å². The second-order valence-electron chi connectivity index (χ2n) is 9.29. The van der Waals surface area contributed by atoms with Crippen molar-refractivity contribution in [3.05, 3.63) is 70.8 Å². The van der Waals surface area contributed by atoms with E-state index in [0.717, 1.165) is 19.3 Å². The Morgan fingerprint density at radius 2 is 1.64 bits per heavy atom. The zero-order valence-corrected chi connectivity index (χ0v) is 17.4. The molecule has 3 aliphatic carbocycles. The molecule has 0 amide bonds. The Balaban J connectivity index is 1.75. The van der Waals surface area contributed by atoms with E-state index in [1.165, 1.54) is 11.1 Å². The van der Waals surface area contributed by atoms with Gasteiger partial charge in [0, 0.05) is 11.1 Å². The minimum absolute atomic E-state index is 0.161. The first-order chi connectivity index (χ1) is 13.3. The standard InChI is InChI=1S/C26H30O2/c1-17(2)8-7-9-18(3)14-15-26-20-13-12-19(16-20)25(26,4)23(27)21-10-5-6-11-22(21)24(26)28/h5-6,8,10-14,19-20H,7,9,15-16H2,1-4H3/b18-14+/t19-,20+,25?,26?/m1/s1. The maximum atomic E-state index is 13.9. The number of benzene rings is 1. The first-order valence-electron chi connectivity index (χ1n) is 10.5. The lowest BCUT2D eigenvalue weighted by Gasteiger charge is -2.50. The minimum Gasteiger partial charge on any atom is -0.293 e. The minimum atomic E-state index is -0.630. The molecule has 0 aromatic heterocycles. The first-order valence-corrected chi connectivity index (χ1v) is 10.5. The van der Waals surface area contributed by atoms with Crippen LogP contribution < -0.4 is 0 Å². The van der Waals surface area contributed by atoms with E-state index >= 15 is 0 Å². The molecular formula is C26H30O2. The smallest absolute Gasteiger partial charge is 0.171 e. The third kappa shape index (κ3) is 2.46. The van der Waals surface area contributed by atoms with Crippen molar-refractivity contribution in [1.82, 2.24) is 0 Å². The molecule has 0 radical (unpaired) electrons. The number of hydrogen-bond donors (Lipinski definition) is 0. The van der Waals surface area contributed by atoms with Gasteiger partial charge in [0.1, 0.15) is 0 Å². The Morgan fingerprint density at radius 3 is 2.32 bits per heavy atom. The van der Waals surface area contributed by atoms with Gasteiger partial charge in [0.15, 0.2) is 11.6 Å². The fraction of sp³-hybridized carbons (Fsp3) is 0.462. The van der Waals surface area contributed by atoms with E-state index in [1.807, 2.05) is 24.3 Å². The number of allylic oxidation sites excluding steroid dienone is 6. The highest BCUT2D eigenvalue weighted by Gasteiger charge is 2.71. The summed E-state index contributed by atoms with van der Waals surface area (Å²) in [6.07, 6.45) is 12.5. The van der Waals surface area contributed by atoms with Crippen molar-refractivity contribution in [1.29, 1.82) is 0 Å². The van der Waals surface area contributed by atoms with Crippen LogP contribution in [0.25, 0.3) is 0 Å². The molecule has 0 N–H and O–H groups in total. The molecule has 2 bridgehead atoms. The molecule has 1 aromatic rings. The molecule has 2 unspecified atom stereocenters. The number of Topliss-reactive ketones (excluding diaryl/α,β-unsaturated/α-hetero) is 2. The topological polar surface area (TPSA) is 34.1 Å². The highest BCUT2D eigenvalue weighted by molar-refractivity contribution is 6.20. The monoisotopic (exact) mass is 374 g/mol. The summed E-state index contributed by atoms with van der Waals surface area (Å²) in [7, 11) is 0. The third-order valence-corrected chi connectivity index (χ3v) is 7.54. The van der Waals surface area contributed by atoms with Gasteiger partial charge in [0.05, 0.1) is 10.8 Å². The Bertz CT molecular complexity index is 928. The lowest BCUT2D eigenvalue weighted by atomic mass is 9.49. The zero-order chi connectivity index (χ0) is 20.1. The van der Waals surface area contributed by atoms with Crippen LogP contribution in [-0.4, -0.2) is 11.6 Å². The van der Waals surface area contributed by atoms with Crippen LogP contribution in [0.3, 0.4) is 0 Å². The van der Waals surface area contributed by atoms with Crippen LogP contribution in [0.2, 0.25) is 0 Å². The van der Waals surface area contributed by atoms with Crippen LogP contribution in [-0.2, 0) is 0 Å². The van der Waals surface area contributed by atoms with E-state index in [2.05, 4.69) is 52.0 Å². The van der Waals surface area contributed by atoms with Crippen molar-refractivity contribution in [2.45, 2.75) is 53.4 Å². The first kappa shape index (κ1) is 19.1. The lowest BCUT2D eigenvalue weighted by molar-refractivity contribution is 0.0242. The molecule has 146 valence electrons. The Labute approximate surface area is 168 Å². The fourth-order valence-corrected chi connectivity index (χ4v) is 5.86. The molecule has 4 rings (SSSR count). The van der Waals surface area contributed by atoms with Gasteiger partial charge in [-0.05, 0) is 58.3 Å². The average molecular weight is 375 g/mol. The van der Waals surface area contributed by atoms with Gasteiger partial charge in [-0.1, -0.05) is 66.6 Å². The van der Waals surface area contributed by atoms with E-state index in [0.29, 0.717) is 17.5 Å². The molecule has 2 nitrogen and oxygen atoms in total. The SMILES string of the molecule is CC(C)=CCC/C(C)=C/CC12C(=O)c3ccccc3C(=O)C1(C)[C@@H]1C=C[C@H]2C1. The van der Waals surface area contributed by atoms with Crippen molar-refractivity contribution < 1.29 is 9.59 Å². The van der Waals surface area contributed by atoms with Crippen LogP contribution >= 0.6 is 0 Å². The fourth-order valence-electron chi connectivity index (χ4n) is 5.86. The molecule has 4 atom stereocenters. The van der Waals surface area contributed by atoms with Gasteiger partial charge in [-0.2, -0.15) is 0 Å². The molecule has 0 heterocycles. The van der Waals surface area contributed by atoms with Crippen molar-refractivity contribution in [3.8, 4) is 0 Å². The summed E-state index contributed by atoms with van der Waals surface area (Å²) in [6, 6.07) is 7.43. The Kier molecular flexibility index (Phi) is 4.56. The van der Waals surface area contributed by atoms with Gasteiger partial charge in [-0.25, -0.2) is 0 Å². The van der Waals surface area contributed by atoms with E-state index < -0.39 is 10.8 Å². The van der Waals surface area contributed by atoms with Gasteiger partial charge in [0.25, 0.3) is 0 Å². The summed E-state index contributed by atoms with van der Waals surface area (Å²) in [5, 5.41) is 0. The molecule has 1 saturated carbocycles. The van der Waals surface area contributed by atoms with E-state index in [-0.39, 0.29) is 23.4 Å². The van der Waals surface area contributed by atoms with Crippen molar-refractivity contribution in [2.75, 3.05) is 0 Å². The molecule has 28 heavy (non-hydrogen) atoms. The van der Waals surface area contributed by atoms with Gasteiger partial charge < -0.3 is 0 Å². The van der Waals surface area contributed by atoms with Crippen LogP contribution in [0.5, 0.6) is 0 Å². The summed E-state index contributed by atoms with van der Waals surface area (Å²) >= 11 is 0. The maximum absolute atomic E-state index is 13.9. The highest BCUT2D eigenvalue weighted by Crippen LogP contribution is 2.69. The zero-order valence-electron chi connectivity index (χ0n) is 17.4. The number of carbonyl (C=O) groups excluding carboxylic acids is 2. The predicted molar refractivity (Wildman–Crippen MR) is 113 cm³/mol. The van der Waals surface area contributed by atoms with Crippen LogP contribution in [0, 0.1) is 22.7 Å².